The second kappa shape index (κ2) is 7.77. The van der Waals surface area contributed by atoms with Crippen LogP contribution in [0.5, 0.6) is 0 Å². The van der Waals surface area contributed by atoms with E-state index >= 15 is 0 Å². The molecule has 2 heterocycles. The first-order valence-corrected chi connectivity index (χ1v) is 9.26. The van der Waals surface area contributed by atoms with Gasteiger partial charge in [-0.25, -0.2) is 4.98 Å². The minimum absolute atomic E-state index is 0.0754. The van der Waals surface area contributed by atoms with Gasteiger partial charge in [-0.1, -0.05) is 24.3 Å². The summed E-state index contributed by atoms with van der Waals surface area (Å²) in [6, 6.07) is 8.75. The average Bonchev–Trinajstić information content (AvgIpc) is 2.98. The van der Waals surface area contributed by atoms with Gasteiger partial charge in [0.1, 0.15) is 0 Å². The van der Waals surface area contributed by atoms with Crippen LogP contribution in [-0.4, -0.2) is 34.9 Å². The average molecular weight is 344 g/mol. The minimum Gasteiger partial charge on any atom is -0.375 e. The van der Waals surface area contributed by atoms with Crippen molar-refractivity contribution in [3.63, 3.8) is 0 Å². The van der Waals surface area contributed by atoms with Gasteiger partial charge in [-0.05, 0) is 30.9 Å². The van der Waals surface area contributed by atoms with Crippen LogP contribution in [0.2, 0.25) is 0 Å². The lowest BCUT2D eigenvalue weighted by atomic mass is 10.00. The van der Waals surface area contributed by atoms with Gasteiger partial charge in [-0.3, -0.25) is 9.69 Å². The summed E-state index contributed by atoms with van der Waals surface area (Å²) in [5.41, 5.74) is 9.36. The molecule has 1 aliphatic heterocycles. The molecule has 24 heavy (non-hydrogen) atoms. The van der Waals surface area contributed by atoms with E-state index in [9.17, 15) is 4.79 Å². The Morgan fingerprint density at radius 2 is 2.21 bits per heavy atom. The van der Waals surface area contributed by atoms with Crippen LogP contribution < -0.4 is 11.1 Å². The van der Waals surface area contributed by atoms with Crippen molar-refractivity contribution < 1.29 is 4.79 Å². The SMILES string of the molecule is CC(CN1CCc2ccccc2C1)NC(=O)CCc1csc(N)n1. The van der Waals surface area contributed by atoms with Crippen molar-refractivity contribution in [1.82, 2.24) is 15.2 Å². The number of aromatic nitrogens is 1. The number of carbonyl (C=O) groups excluding carboxylic acids is 1. The Labute approximate surface area is 146 Å². The van der Waals surface area contributed by atoms with E-state index in [0.29, 0.717) is 18.0 Å². The maximum Gasteiger partial charge on any atom is 0.220 e. The van der Waals surface area contributed by atoms with Crippen LogP contribution in [0.15, 0.2) is 29.6 Å². The molecule has 2 aromatic rings. The van der Waals surface area contributed by atoms with Crippen LogP contribution in [0.25, 0.3) is 0 Å². The highest BCUT2D eigenvalue weighted by atomic mass is 32.1. The number of nitrogens with zero attached hydrogens (tertiary/aromatic N) is 2. The van der Waals surface area contributed by atoms with Gasteiger partial charge in [0.2, 0.25) is 5.91 Å². The zero-order valence-electron chi connectivity index (χ0n) is 14.0. The van der Waals surface area contributed by atoms with Crippen LogP contribution in [0, 0.1) is 0 Å². The molecule has 1 aromatic carbocycles. The monoisotopic (exact) mass is 344 g/mol. The number of thiazole rings is 1. The number of carbonyl (C=O) groups is 1. The first-order chi connectivity index (χ1) is 11.6. The fourth-order valence-electron chi connectivity index (χ4n) is 3.17. The normalized spacial score (nSPS) is 15.7. The Hall–Kier alpha value is -1.92. The predicted octanol–water partition coefficient (Wildman–Crippen LogP) is 2.22. The Bertz CT molecular complexity index is 700. The van der Waals surface area contributed by atoms with Gasteiger partial charge in [-0.15, -0.1) is 11.3 Å². The fourth-order valence-corrected chi connectivity index (χ4v) is 3.77. The third-order valence-electron chi connectivity index (χ3n) is 4.33. The first kappa shape index (κ1) is 16.9. The summed E-state index contributed by atoms with van der Waals surface area (Å²) in [6.07, 6.45) is 2.18. The zero-order chi connectivity index (χ0) is 16.9. The first-order valence-electron chi connectivity index (χ1n) is 8.38. The lowest BCUT2D eigenvalue weighted by Crippen LogP contribution is -2.43. The number of nitrogens with two attached hydrogens (primary N) is 1. The number of benzene rings is 1. The van der Waals surface area contributed by atoms with Crippen LogP contribution in [0.1, 0.15) is 30.2 Å². The third kappa shape index (κ3) is 4.55. The molecule has 128 valence electrons. The summed E-state index contributed by atoms with van der Waals surface area (Å²) in [5.74, 6) is 0.0754. The molecule has 6 heteroatoms. The zero-order valence-corrected chi connectivity index (χ0v) is 14.8. The largest absolute Gasteiger partial charge is 0.375 e. The van der Waals surface area contributed by atoms with Crippen molar-refractivity contribution in [1.29, 1.82) is 0 Å². The number of nitrogens with one attached hydrogen (secondary N) is 1. The van der Waals surface area contributed by atoms with Crippen LogP contribution >= 0.6 is 11.3 Å². The third-order valence-corrected chi connectivity index (χ3v) is 5.05. The van der Waals surface area contributed by atoms with E-state index in [4.69, 9.17) is 5.73 Å². The Morgan fingerprint density at radius 1 is 1.42 bits per heavy atom. The van der Waals surface area contributed by atoms with Gasteiger partial charge in [-0.2, -0.15) is 0 Å². The highest BCUT2D eigenvalue weighted by Crippen LogP contribution is 2.18. The van der Waals surface area contributed by atoms with E-state index in [-0.39, 0.29) is 11.9 Å². The predicted molar refractivity (Wildman–Crippen MR) is 97.9 cm³/mol. The molecule has 0 fully saturated rings. The van der Waals surface area contributed by atoms with Crippen molar-refractivity contribution in [3.8, 4) is 0 Å². The Kier molecular flexibility index (Phi) is 5.48. The van der Waals surface area contributed by atoms with Crippen molar-refractivity contribution >= 4 is 22.4 Å². The number of rotatable bonds is 6. The van der Waals surface area contributed by atoms with Crippen LogP contribution in [-0.2, 0) is 24.2 Å². The number of amides is 1. The summed E-state index contributed by atoms with van der Waals surface area (Å²) in [5, 5.41) is 5.57. The Balaban J connectivity index is 1.42. The number of fused-ring (bicyclic) bond motifs is 1. The maximum atomic E-state index is 12.1. The molecular formula is C18H24N4OS. The summed E-state index contributed by atoms with van der Waals surface area (Å²) in [4.78, 5) is 18.7. The molecule has 0 bridgehead atoms. The smallest absolute Gasteiger partial charge is 0.220 e. The summed E-state index contributed by atoms with van der Waals surface area (Å²) in [7, 11) is 0. The highest BCUT2D eigenvalue weighted by Gasteiger charge is 2.18. The van der Waals surface area contributed by atoms with Gasteiger partial charge >= 0.3 is 0 Å². The summed E-state index contributed by atoms with van der Waals surface area (Å²) >= 11 is 1.42. The van der Waals surface area contributed by atoms with E-state index in [1.54, 1.807) is 0 Å². The molecule has 1 aromatic heterocycles. The molecule has 0 saturated carbocycles. The van der Waals surface area contributed by atoms with E-state index < -0.39 is 0 Å². The van der Waals surface area contributed by atoms with Crippen LogP contribution in [0.4, 0.5) is 5.13 Å². The Morgan fingerprint density at radius 3 is 2.96 bits per heavy atom. The quantitative estimate of drug-likeness (QED) is 0.843. The molecule has 0 aliphatic carbocycles. The van der Waals surface area contributed by atoms with Gasteiger partial charge in [0.05, 0.1) is 5.69 Å². The molecule has 0 radical (unpaired) electrons. The minimum atomic E-state index is 0.0754. The molecule has 0 spiro atoms. The molecule has 1 amide bonds. The van der Waals surface area contributed by atoms with Gasteiger partial charge in [0.25, 0.3) is 0 Å². The van der Waals surface area contributed by atoms with Crippen molar-refractivity contribution in [2.24, 2.45) is 0 Å². The molecule has 1 aliphatic rings. The van der Waals surface area contributed by atoms with E-state index in [2.05, 4.69) is 46.4 Å². The number of aryl methyl sites for hydroxylation is 1. The number of hydrogen-bond donors (Lipinski definition) is 2. The molecule has 3 N–H and O–H groups in total. The highest BCUT2D eigenvalue weighted by molar-refractivity contribution is 7.13. The van der Waals surface area contributed by atoms with Crippen LogP contribution in [0.3, 0.4) is 0 Å². The number of nitrogen functional groups attached to an aromatic ring is 1. The standard InChI is InChI=1S/C18H24N4OS/c1-13(20-17(23)7-6-16-12-24-18(19)21-16)10-22-9-8-14-4-2-3-5-15(14)11-22/h2-5,12-13H,6-11H2,1H3,(H2,19,21)(H,20,23). The fraction of sp³-hybridized carbons (Fsp3) is 0.444. The molecular weight excluding hydrogens is 320 g/mol. The molecule has 1 atom stereocenters. The van der Waals surface area contributed by atoms with Crippen molar-refractivity contribution in [2.75, 3.05) is 18.8 Å². The second-order valence-corrected chi connectivity index (χ2v) is 7.29. The molecule has 5 nitrogen and oxygen atoms in total. The van der Waals surface area contributed by atoms with E-state index in [1.165, 1.54) is 22.5 Å². The van der Waals surface area contributed by atoms with Gasteiger partial charge < -0.3 is 11.1 Å². The summed E-state index contributed by atoms with van der Waals surface area (Å²) in [6.45, 7) is 4.97. The molecule has 1 unspecified atom stereocenters. The second-order valence-electron chi connectivity index (χ2n) is 6.40. The molecule has 0 saturated heterocycles. The molecule has 3 rings (SSSR count). The lowest BCUT2D eigenvalue weighted by Gasteiger charge is -2.31. The lowest BCUT2D eigenvalue weighted by molar-refractivity contribution is -0.121. The summed E-state index contributed by atoms with van der Waals surface area (Å²) < 4.78 is 0. The van der Waals surface area contributed by atoms with E-state index in [0.717, 1.165) is 31.7 Å². The number of hydrogen-bond acceptors (Lipinski definition) is 5. The van der Waals surface area contributed by atoms with Crippen molar-refractivity contribution in [3.05, 3.63) is 46.5 Å². The van der Waals surface area contributed by atoms with Gasteiger partial charge in [0.15, 0.2) is 5.13 Å². The van der Waals surface area contributed by atoms with E-state index in [1.807, 2.05) is 5.38 Å². The van der Waals surface area contributed by atoms with Crippen molar-refractivity contribution in [2.45, 2.75) is 38.8 Å². The topological polar surface area (TPSA) is 71.2 Å². The maximum absolute atomic E-state index is 12.1. The van der Waals surface area contributed by atoms with Gasteiger partial charge in [0, 0.05) is 37.5 Å². The number of anilines is 1.